The Balaban J connectivity index is 2.07. The number of benzene rings is 5. The predicted molar refractivity (Wildman–Crippen MR) is 160 cm³/mol. The number of rotatable bonds is 9. The summed E-state index contributed by atoms with van der Waals surface area (Å²) in [5, 5.41) is 58.8. The van der Waals surface area contributed by atoms with Crippen LogP contribution in [0.15, 0.2) is 27.3 Å². The van der Waals surface area contributed by atoms with Crippen LogP contribution < -0.4 is 20.9 Å². The van der Waals surface area contributed by atoms with Crippen molar-refractivity contribution in [2.24, 2.45) is 0 Å². The molecule has 5 aromatic rings. The number of fused-ring (bicyclic) bond motifs is 1. The van der Waals surface area contributed by atoms with Gasteiger partial charge < -0.3 is 35.6 Å². The average Bonchev–Trinajstić information content (AvgIpc) is 3.11. The molecule has 9 heteroatoms. The lowest BCUT2D eigenvalue weighted by Crippen LogP contribution is -2.16. The molecule has 0 heterocycles. The molecule has 0 bridgehead atoms. The Kier molecular flexibility index (Phi) is 6.70. The van der Waals surface area contributed by atoms with Gasteiger partial charge in [-0.1, -0.05) is 11.6 Å². The van der Waals surface area contributed by atoms with E-state index in [2.05, 4.69) is 5.32 Å². The summed E-state index contributed by atoms with van der Waals surface area (Å²) in [4.78, 5) is 27.7. The minimum atomic E-state index is -0.476. The van der Waals surface area contributed by atoms with E-state index in [4.69, 9.17) is 4.74 Å². The molecule has 0 saturated heterocycles. The fourth-order valence-electron chi connectivity index (χ4n) is 6.82. The van der Waals surface area contributed by atoms with Gasteiger partial charge in [0.1, 0.15) is 5.75 Å². The third-order valence-corrected chi connectivity index (χ3v) is 8.31. The maximum atomic E-state index is 14.2. The summed E-state index contributed by atoms with van der Waals surface area (Å²) in [5.74, 6) is -0.0144. The summed E-state index contributed by atoms with van der Waals surface area (Å²) in [6.45, 7) is 0.918. The number of allylic oxidation sites excluding steroid dienone is 1. The number of phenolic OH excluding ortho intramolecular Hbond substituents is 1. The fourth-order valence-corrected chi connectivity index (χ4v) is 6.82. The molecule has 5 aromatic carbocycles. The molecular weight excluding hydrogens is 526 g/mol. The highest BCUT2D eigenvalue weighted by atomic mass is 16.5. The van der Waals surface area contributed by atoms with Crippen LogP contribution in [0, 0.1) is 0 Å². The number of ether oxygens (including phenoxy) is 1. The minimum absolute atomic E-state index is 0.0955. The monoisotopic (exact) mass is 557 g/mol. The number of aliphatic hydroxyl groups excluding tert-OH is 4. The molecule has 6 rings (SSSR count). The van der Waals surface area contributed by atoms with Gasteiger partial charge >= 0.3 is 0 Å². The third-order valence-electron chi connectivity index (χ3n) is 8.31. The zero-order valence-corrected chi connectivity index (χ0v) is 22.8. The highest BCUT2D eigenvalue weighted by molar-refractivity contribution is 6.38. The molecule has 212 valence electrons. The van der Waals surface area contributed by atoms with Gasteiger partial charge in [-0.3, -0.25) is 9.59 Å². The van der Waals surface area contributed by atoms with Crippen LogP contribution in [-0.4, -0.2) is 52.4 Å². The zero-order valence-electron chi connectivity index (χ0n) is 22.8. The van der Waals surface area contributed by atoms with Crippen LogP contribution in [0.4, 0.5) is 5.69 Å². The van der Waals surface area contributed by atoms with Gasteiger partial charge in [-0.25, -0.2) is 0 Å². The lowest BCUT2D eigenvalue weighted by Gasteiger charge is -2.24. The second kappa shape index (κ2) is 10.1. The van der Waals surface area contributed by atoms with Crippen LogP contribution in [0.3, 0.4) is 0 Å². The van der Waals surface area contributed by atoms with Gasteiger partial charge in [0.2, 0.25) is 5.43 Å². The van der Waals surface area contributed by atoms with E-state index in [1.54, 1.807) is 6.07 Å². The van der Waals surface area contributed by atoms with Crippen LogP contribution in [0.25, 0.3) is 49.2 Å². The molecule has 1 aliphatic carbocycles. The summed E-state index contributed by atoms with van der Waals surface area (Å²) >= 11 is 0. The first-order chi connectivity index (χ1) is 19.8. The van der Waals surface area contributed by atoms with Gasteiger partial charge in [-0.15, -0.1) is 0 Å². The lowest BCUT2D eigenvalue weighted by molar-refractivity contribution is 0.282. The van der Waals surface area contributed by atoms with E-state index in [-0.39, 0.29) is 42.1 Å². The largest absolute Gasteiger partial charge is 0.507 e. The Labute approximate surface area is 234 Å². The van der Waals surface area contributed by atoms with E-state index in [0.717, 1.165) is 5.57 Å². The summed E-state index contributed by atoms with van der Waals surface area (Å²) in [6, 6.07) is 2.95. The van der Waals surface area contributed by atoms with E-state index in [1.807, 2.05) is 13.0 Å². The summed E-state index contributed by atoms with van der Waals surface area (Å²) in [6.07, 6.45) is 2.98. The SMILES string of the molecule is COc1c2c3c4c(c(CCCO)c(O)c5c(=O)cc(CO)c(c6c(CO)cc(NCCO)c(c1=O)c63)c54)C=C(C)C2. The number of aliphatic hydroxyl groups is 4. The van der Waals surface area contributed by atoms with Gasteiger partial charge in [0, 0.05) is 40.7 Å². The normalized spacial score (nSPS) is 13.2. The molecule has 41 heavy (non-hydrogen) atoms. The molecule has 0 radical (unpaired) electrons. The average molecular weight is 558 g/mol. The number of anilines is 1. The van der Waals surface area contributed by atoms with Crippen molar-refractivity contribution in [2.75, 3.05) is 32.2 Å². The first kappa shape index (κ1) is 27.2. The maximum Gasteiger partial charge on any atom is 0.230 e. The molecule has 0 fully saturated rings. The van der Waals surface area contributed by atoms with Crippen LogP contribution in [-0.2, 0) is 26.1 Å². The van der Waals surface area contributed by atoms with Crippen LogP contribution in [0.5, 0.6) is 11.5 Å². The fraction of sp³-hybridized carbons (Fsp3) is 0.312. The topological polar surface area (TPSA) is 157 Å². The van der Waals surface area contributed by atoms with Crippen molar-refractivity contribution in [1.29, 1.82) is 0 Å². The van der Waals surface area contributed by atoms with E-state index < -0.39 is 18.6 Å². The maximum absolute atomic E-state index is 14.2. The van der Waals surface area contributed by atoms with Gasteiger partial charge in [0.05, 0.1) is 37.7 Å². The number of phenols is 1. The smallest absolute Gasteiger partial charge is 0.230 e. The van der Waals surface area contributed by atoms with Crippen LogP contribution >= 0.6 is 0 Å². The van der Waals surface area contributed by atoms with E-state index >= 15 is 0 Å². The quantitative estimate of drug-likeness (QED) is 0.118. The van der Waals surface area contributed by atoms with Gasteiger partial charge in [0.25, 0.3) is 0 Å². The number of methoxy groups -OCH3 is 1. The van der Waals surface area contributed by atoms with Crippen LogP contribution in [0.1, 0.15) is 41.2 Å². The number of aromatic hydroxyl groups is 1. The van der Waals surface area contributed by atoms with Crippen molar-refractivity contribution in [1.82, 2.24) is 0 Å². The predicted octanol–water partition coefficient (Wildman–Crippen LogP) is 2.88. The number of hydrogen-bond donors (Lipinski definition) is 6. The molecule has 0 unspecified atom stereocenters. The van der Waals surface area contributed by atoms with E-state index in [9.17, 15) is 35.1 Å². The Bertz CT molecular complexity index is 2010. The van der Waals surface area contributed by atoms with Crippen molar-refractivity contribution in [3.63, 3.8) is 0 Å². The Morgan fingerprint density at radius 2 is 1.54 bits per heavy atom. The molecule has 1 aliphatic rings. The Morgan fingerprint density at radius 1 is 0.854 bits per heavy atom. The highest BCUT2D eigenvalue weighted by Crippen LogP contribution is 2.51. The first-order valence-corrected chi connectivity index (χ1v) is 13.6. The highest BCUT2D eigenvalue weighted by Gasteiger charge is 2.31. The standard InChI is InChI=1S/C32H31NO8/c1-14-8-18-17(4-3-6-34)30(39)27-21(38)11-16(13-37)23-22-15(12-36)10-20(33-5-7-35)26-28(22)25(24(18)29(23)27)19(9-14)32(41-2)31(26)40/h8,10-11,33-37,39H,3-7,9,12-13H2,1-2H3. The van der Waals surface area contributed by atoms with Crippen molar-refractivity contribution in [3.05, 3.63) is 66.0 Å². The second-order valence-electron chi connectivity index (χ2n) is 10.7. The molecule has 0 aromatic heterocycles. The lowest BCUT2D eigenvalue weighted by atomic mass is 9.80. The first-order valence-electron chi connectivity index (χ1n) is 13.6. The van der Waals surface area contributed by atoms with Crippen molar-refractivity contribution < 1.29 is 30.3 Å². The second-order valence-corrected chi connectivity index (χ2v) is 10.7. The number of nitrogens with one attached hydrogen (secondary N) is 1. The van der Waals surface area contributed by atoms with E-state index in [1.165, 1.54) is 13.2 Å². The molecule has 0 saturated carbocycles. The molecule has 0 atom stereocenters. The zero-order chi connectivity index (χ0) is 29.2. The molecule has 6 N–H and O–H groups in total. The molecular formula is C32H31NO8. The Morgan fingerprint density at radius 3 is 2.17 bits per heavy atom. The summed E-state index contributed by atoms with van der Waals surface area (Å²) in [5.41, 5.74) is 3.13. The summed E-state index contributed by atoms with van der Waals surface area (Å²) < 4.78 is 5.75. The van der Waals surface area contributed by atoms with E-state index in [0.29, 0.717) is 90.5 Å². The van der Waals surface area contributed by atoms with Crippen molar-refractivity contribution >= 4 is 54.9 Å². The minimum Gasteiger partial charge on any atom is -0.507 e. The molecule has 0 spiro atoms. The Hall–Kier alpha value is -4.02. The van der Waals surface area contributed by atoms with Crippen LogP contribution in [0.2, 0.25) is 0 Å². The molecule has 0 amide bonds. The van der Waals surface area contributed by atoms with Gasteiger partial charge in [-0.05, 0) is 76.6 Å². The van der Waals surface area contributed by atoms with Gasteiger partial charge in [-0.2, -0.15) is 0 Å². The molecule has 0 aliphatic heterocycles. The number of hydrogen-bond acceptors (Lipinski definition) is 9. The van der Waals surface area contributed by atoms with Crippen molar-refractivity contribution in [2.45, 2.75) is 39.4 Å². The summed E-state index contributed by atoms with van der Waals surface area (Å²) in [7, 11) is 1.44. The molecule has 9 nitrogen and oxygen atoms in total. The third kappa shape index (κ3) is 3.70. The van der Waals surface area contributed by atoms with Crippen molar-refractivity contribution in [3.8, 4) is 11.5 Å². The van der Waals surface area contributed by atoms with Gasteiger partial charge in [0.15, 0.2) is 11.2 Å².